The molecule has 2 atom stereocenters. The SMILES string of the molecule is [2H]N[C@@H](CCCCNC(=O)COCCOCCNC(=O)COCCOCCNC(=O)CC[C@H](NC(=O)CCCCCCCCCCCCC(=O)O)C(=O)O)C(=O)O. The highest BCUT2D eigenvalue weighted by Crippen LogP contribution is 2.12. The number of nitrogens with two attached hydrogens (primary N) is 1. The van der Waals surface area contributed by atoms with Gasteiger partial charge in [-0.3, -0.25) is 28.8 Å². The summed E-state index contributed by atoms with van der Waals surface area (Å²) in [4.78, 5) is 80.9. The number of nitrogens with one attached hydrogen (secondary N) is 4. The number of carbonyl (C=O) groups is 7. The number of rotatable bonds is 41. The van der Waals surface area contributed by atoms with E-state index in [0.29, 0.717) is 25.8 Å². The van der Waals surface area contributed by atoms with E-state index in [1.165, 1.54) is 0 Å². The van der Waals surface area contributed by atoms with Crippen molar-refractivity contribution in [2.45, 2.75) is 121 Å². The van der Waals surface area contributed by atoms with Crippen LogP contribution < -0.4 is 27.0 Å². The van der Waals surface area contributed by atoms with Crippen molar-refractivity contribution < 1.29 is 69.2 Å². The number of carboxylic acid groups (broad SMARTS) is 3. The first-order valence-electron chi connectivity index (χ1n) is 20.2. The van der Waals surface area contributed by atoms with Crippen LogP contribution >= 0.6 is 0 Å². The van der Waals surface area contributed by atoms with Crippen molar-refractivity contribution in [1.82, 2.24) is 21.3 Å². The van der Waals surface area contributed by atoms with E-state index in [4.69, 9.17) is 30.6 Å². The smallest absolute Gasteiger partial charge is 0.326 e. The summed E-state index contributed by atoms with van der Waals surface area (Å²) >= 11 is 0. The second-order valence-corrected chi connectivity index (χ2v) is 13.2. The van der Waals surface area contributed by atoms with E-state index in [1.807, 2.05) is 5.73 Å². The van der Waals surface area contributed by atoms with Gasteiger partial charge in [0.25, 0.3) is 0 Å². The molecule has 0 aromatic rings. The minimum absolute atomic E-state index is 0.0445. The number of aliphatic carboxylic acids is 3. The Balaban J connectivity index is 3.67. The van der Waals surface area contributed by atoms with E-state index < -0.39 is 30.0 Å². The molecule has 19 nitrogen and oxygen atoms in total. The summed E-state index contributed by atoms with van der Waals surface area (Å²) in [5.74, 6) is -4.41. The molecule has 0 saturated heterocycles. The highest BCUT2D eigenvalue weighted by molar-refractivity contribution is 5.84. The minimum Gasteiger partial charge on any atom is -0.481 e. The van der Waals surface area contributed by atoms with Gasteiger partial charge in [0.05, 0.1) is 39.6 Å². The molecule has 0 radical (unpaired) electrons. The van der Waals surface area contributed by atoms with Gasteiger partial charge in [-0.2, -0.15) is 0 Å². The lowest BCUT2D eigenvalue weighted by Crippen LogP contribution is -2.41. The molecule has 324 valence electrons. The number of unbranched alkanes of at least 4 members (excludes halogenated alkanes) is 10. The average molecular weight is 807 g/mol. The van der Waals surface area contributed by atoms with E-state index in [0.717, 1.165) is 57.8 Å². The fraction of sp³-hybridized carbons (Fsp3) is 0.811. The maximum absolute atomic E-state index is 12.2. The Kier molecular flexibility index (Phi) is 32.9. The number of hydrogen-bond acceptors (Lipinski definition) is 12. The largest absolute Gasteiger partial charge is 0.481 e. The number of carbonyl (C=O) groups excluding carboxylic acids is 4. The molecule has 0 aromatic carbocycles. The normalized spacial score (nSPS) is 12.2. The van der Waals surface area contributed by atoms with E-state index in [-0.39, 0.29) is 122 Å². The third kappa shape index (κ3) is 35.8. The average Bonchev–Trinajstić information content (AvgIpc) is 3.16. The molecule has 0 aliphatic carbocycles. The van der Waals surface area contributed by atoms with Crippen LogP contribution in [0.5, 0.6) is 0 Å². The van der Waals surface area contributed by atoms with Crippen molar-refractivity contribution in [3.05, 3.63) is 0 Å². The summed E-state index contributed by atoms with van der Waals surface area (Å²) in [6.45, 7) is 1.64. The molecular formula is C37H67N5O14. The Hall–Kier alpha value is -3.91. The third-order valence-corrected chi connectivity index (χ3v) is 8.23. The van der Waals surface area contributed by atoms with Crippen LogP contribution in [0.2, 0.25) is 1.41 Å². The van der Waals surface area contributed by atoms with Crippen molar-refractivity contribution >= 4 is 41.5 Å². The van der Waals surface area contributed by atoms with Gasteiger partial charge in [-0.1, -0.05) is 51.4 Å². The van der Waals surface area contributed by atoms with Crippen LogP contribution in [-0.2, 0) is 52.5 Å². The monoisotopic (exact) mass is 806 g/mol. The second-order valence-electron chi connectivity index (χ2n) is 13.2. The number of carboxylic acids is 3. The second kappa shape index (κ2) is 36.7. The standard InChI is InChI=1S/C37H67N5O14/c38-29(36(49)50)13-11-12-18-39-33(45)27-55-25-24-54-22-20-41-34(46)28-56-26-23-53-21-19-40-31(43)17-16-30(37(51)52)42-32(44)14-9-7-5-3-1-2-4-6-8-10-15-35(47)48/h29-30H,1-28,38H2,(H,39,45)(H,40,43)(H,41,46)(H,42,44)(H,47,48)(H,49,50)(H,51,52)/t29-,30-/m0/s1/i/hD. The molecule has 0 aliphatic rings. The quantitative estimate of drug-likeness (QED) is 0.0402. The lowest BCUT2D eigenvalue weighted by molar-refractivity contribution is -0.142. The zero-order valence-electron chi connectivity index (χ0n) is 33.8. The molecule has 0 aromatic heterocycles. The minimum atomic E-state index is -1.20. The molecule has 0 unspecified atom stereocenters. The van der Waals surface area contributed by atoms with Crippen LogP contribution in [0.4, 0.5) is 0 Å². The van der Waals surface area contributed by atoms with Crippen LogP contribution in [0, 0.1) is 0 Å². The van der Waals surface area contributed by atoms with Crippen LogP contribution in [0.1, 0.15) is 109 Å². The van der Waals surface area contributed by atoms with E-state index in [2.05, 4.69) is 21.3 Å². The summed E-state index contributed by atoms with van der Waals surface area (Å²) in [6.07, 6.45) is 11.3. The van der Waals surface area contributed by atoms with Gasteiger partial charge in [0.2, 0.25) is 23.6 Å². The molecule has 0 saturated carbocycles. The summed E-state index contributed by atoms with van der Waals surface area (Å²) in [7, 11) is 0. The molecule has 0 heterocycles. The molecule has 56 heavy (non-hydrogen) atoms. The summed E-state index contributed by atoms with van der Waals surface area (Å²) < 4.78 is 28.1. The van der Waals surface area contributed by atoms with Gasteiger partial charge in [0, 0.05) is 38.9 Å². The molecule has 0 aliphatic heterocycles. The fourth-order valence-electron chi connectivity index (χ4n) is 5.09. The van der Waals surface area contributed by atoms with Gasteiger partial charge in [-0.05, 0) is 38.5 Å². The van der Waals surface area contributed by atoms with E-state index >= 15 is 0 Å². The summed E-state index contributed by atoms with van der Waals surface area (Å²) in [5, 5.41) is 37.4. The number of amides is 4. The van der Waals surface area contributed by atoms with Gasteiger partial charge >= 0.3 is 17.9 Å². The zero-order valence-corrected chi connectivity index (χ0v) is 32.8. The highest BCUT2D eigenvalue weighted by Gasteiger charge is 2.21. The number of hydrogen-bond donors (Lipinski definition) is 8. The Morgan fingerprint density at radius 2 is 0.964 bits per heavy atom. The lowest BCUT2D eigenvalue weighted by Gasteiger charge is -2.14. The molecule has 4 amide bonds. The number of ether oxygens (including phenoxy) is 4. The maximum Gasteiger partial charge on any atom is 0.326 e. The van der Waals surface area contributed by atoms with Gasteiger partial charge in [-0.25, -0.2) is 4.79 Å². The molecule has 0 fully saturated rings. The first-order valence-corrected chi connectivity index (χ1v) is 19.7. The predicted molar refractivity (Wildman–Crippen MR) is 204 cm³/mol. The molecular weight excluding hydrogens is 738 g/mol. The Labute approximate surface area is 331 Å². The van der Waals surface area contributed by atoms with Crippen molar-refractivity contribution in [1.29, 1.82) is 0 Å². The molecule has 9 N–H and O–H groups in total. The first kappa shape index (κ1) is 50.1. The van der Waals surface area contributed by atoms with Crippen LogP contribution in [0.25, 0.3) is 0 Å². The van der Waals surface area contributed by atoms with Gasteiger partial charge in [-0.15, -0.1) is 0 Å². The van der Waals surface area contributed by atoms with Crippen molar-refractivity contribution in [3.63, 3.8) is 0 Å². The molecule has 0 spiro atoms. The molecule has 0 rings (SSSR count). The molecule has 0 bridgehead atoms. The Morgan fingerprint density at radius 1 is 0.482 bits per heavy atom. The van der Waals surface area contributed by atoms with Crippen molar-refractivity contribution in [2.24, 2.45) is 5.73 Å². The topological polar surface area (TPSA) is 291 Å². The fourth-order valence-corrected chi connectivity index (χ4v) is 5.09. The van der Waals surface area contributed by atoms with Crippen molar-refractivity contribution in [3.8, 4) is 0 Å². The van der Waals surface area contributed by atoms with Crippen LogP contribution in [0.3, 0.4) is 0 Å². The van der Waals surface area contributed by atoms with Gasteiger partial charge in [0.15, 0.2) is 0 Å². The third-order valence-electron chi connectivity index (χ3n) is 8.23. The van der Waals surface area contributed by atoms with Gasteiger partial charge < -0.3 is 61.3 Å². The van der Waals surface area contributed by atoms with Gasteiger partial charge in [0.1, 0.15) is 26.7 Å². The zero-order chi connectivity index (χ0) is 42.4. The first-order chi connectivity index (χ1) is 27.5. The highest BCUT2D eigenvalue weighted by atomic mass is 16.5. The lowest BCUT2D eigenvalue weighted by atomic mass is 10.0. The van der Waals surface area contributed by atoms with Crippen LogP contribution in [0.15, 0.2) is 0 Å². The maximum atomic E-state index is 12.2. The predicted octanol–water partition coefficient (Wildman–Crippen LogP) is 1.10. The Bertz CT molecular complexity index is 1140. The summed E-state index contributed by atoms with van der Waals surface area (Å²) in [6, 6.07) is -2.09. The Morgan fingerprint density at radius 3 is 1.46 bits per heavy atom. The van der Waals surface area contributed by atoms with Crippen LogP contribution in [-0.4, -0.2) is 141 Å². The van der Waals surface area contributed by atoms with E-state index in [9.17, 15) is 38.7 Å². The van der Waals surface area contributed by atoms with Crippen molar-refractivity contribution in [2.75, 3.05) is 72.5 Å². The summed E-state index contributed by atoms with van der Waals surface area (Å²) in [5.41, 5.74) is 1.97. The molecule has 19 heteroatoms. The van der Waals surface area contributed by atoms with E-state index in [1.54, 1.807) is 0 Å².